The van der Waals surface area contributed by atoms with Crippen molar-refractivity contribution in [1.29, 1.82) is 0 Å². The van der Waals surface area contributed by atoms with Crippen LogP contribution in [-0.2, 0) is 0 Å². The number of nitrogens with zero attached hydrogens (tertiary/aromatic N) is 3. The fraction of sp³-hybridized carbons (Fsp3) is 0. The van der Waals surface area contributed by atoms with E-state index in [9.17, 15) is 4.79 Å². The van der Waals surface area contributed by atoms with Crippen molar-refractivity contribution in [2.75, 3.05) is 0 Å². The Morgan fingerprint density at radius 2 is 1.73 bits per heavy atom. The standard InChI is InChI=1S/C17H9N3OS/c21-16-14-10-6-2-1-3-7-11(10)18-15(14)19-17-20(16)12-8-4-5-9-13(12)22-17/h1-9H. The summed E-state index contributed by atoms with van der Waals surface area (Å²) in [6.07, 6.45) is 0. The molecule has 2 aromatic heterocycles. The summed E-state index contributed by atoms with van der Waals surface area (Å²) in [5.74, 6) is 0. The van der Waals surface area contributed by atoms with Crippen molar-refractivity contribution < 1.29 is 0 Å². The Morgan fingerprint density at radius 1 is 0.909 bits per heavy atom. The molecule has 0 spiro atoms. The van der Waals surface area contributed by atoms with E-state index in [1.54, 1.807) is 4.40 Å². The van der Waals surface area contributed by atoms with Crippen LogP contribution in [0, 0.1) is 0 Å². The van der Waals surface area contributed by atoms with Crippen molar-refractivity contribution in [3.8, 4) is 11.3 Å². The fourth-order valence-electron chi connectivity index (χ4n) is 2.88. The van der Waals surface area contributed by atoms with Crippen LogP contribution in [0.15, 0.2) is 59.4 Å². The third-order valence-corrected chi connectivity index (χ3v) is 4.87. The summed E-state index contributed by atoms with van der Waals surface area (Å²) in [5.41, 5.74) is 3.02. The van der Waals surface area contributed by atoms with Crippen LogP contribution in [0.2, 0.25) is 0 Å². The molecule has 0 N–H and O–H groups in total. The highest BCUT2D eigenvalue weighted by molar-refractivity contribution is 7.23. The molecule has 2 aliphatic rings. The van der Waals surface area contributed by atoms with Crippen molar-refractivity contribution in [2.24, 2.45) is 0 Å². The molecule has 0 radical (unpaired) electrons. The Kier molecular flexibility index (Phi) is 2.21. The van der Waals surface area contributed by atoms with Crippen molar-refractivity contribution in [3.63, 3.8) is 0 Å². The maximum Gasteiger partial charge on any atom is 0.269 e. The minimum atomic E-state index is -0.0499. The predicted molar refractivity (Wildman–Crippen MR) is 88.8 cm³/mol. The first-order valence-corrected chi connectivity index (χ1v) is 7.73. The molecule has 5 rings (SSSR count). The molecule has 0 saturated carbocycles. The van der Waals surface area contributed by atoms with E-state index >= 15 is 0 Å². The molecule has 3 heterocycles. The zero-order valence-electron chi connectivity index (χ0n) is 11.4. The summed E-state index contributed by atoms with van der Waals surface area (Å²) in [6, 6.07) is 17.5. The van der Waals surface area contributed by atoms with Crippen molar-refractivity contribution in [3.05, 3.63) is 65.0 Å². The molecule has 1 aliphatic carbocycles. The average molecular weight is 303 g/mol. The number of rotatable bonds is 0. The Balaban J connectivity index is 2.09. The molecule has 1 aromatic carbocycles. The maximum absolute atomic E-state index is 13.0. The first kappa shape index (κ1) is 11.8. The SMILES string of the molecule is O=c1c2c3cccccc-3nc2nc2sc3ccccc3n12. The molecular weight excluding hydrogens is 294 g/mol. The molecule has 3 aromatic rings. The largest absolute Gasteiger partial charge is 0.269 e. The van der Waals surface area contributed by atoms with Gasteiger partial charge in [-0.2, -0.15) is 4.98 Å². The van der Waals surface area contributed by atoms with Gasteiger partial charge in [-0.15, -0.1) is 0 Å². The Morgan fingerprint density at radius 3 is 2.68 bits per heavy atom. The summed E-state index contributed by atoms with van der Waals surface area (Å²) in [4.78, 5) is 22.8. The smallest absolute Gasteiger partial charge is 0.268 e. The molecule has 1 aliphatic heterocycles. The molecule has 0 unspecified atom stereocenters. The van der Waals surface area contributed by atoms with E-state index in [-0.39, 0.29) is 5.56 Å². The van der Waals surface area contributed by atoms with E-state index in [0.29, 0.717) is 16.0 Å². The molecule has 22 heavy (non-hydrogen) atoms. The van der Waals surface area contributed by atoms with Crippen LogP contribution in [0.5, 0.6) is 0 Å². The minimum absolute atomic E-state index is 0.0499. The van der Waals surface area contributed by atoms with Gasteiger partial charge in [0.25, 0.3) is 5.56 Å². The number of hydrogen-bond donors (Lipinski definition) is 0. The zero-order valence-corrected chi connectivity index (χ0v) is 12.2. The second kappa shape index (κ2) is 4.11. The molecule has 0 fully saturated rings. The maximum atomic E-state index is 13.0. The Bertz CT molecular complexity index is 1210. The van der Waals surface area contributed by atoms with Crippen molar-refractivity contribution in [1.82, 2.24) is 14.4 Å². The van der Waals surface area contributed by atoms with Crippen LogP contribution in [0.25, 0.3) is 37.5 Å². The van der Waals surface area contributed by atoms with Gasteiger partial charge in [0.1, 0.15) is 0 Å². The fourth-order valence-corrected chi connectivity index (χ4v) is 3.89. The summed E-state index contributed by atoms with van der Waals surface area (Å²) in [5, 5.41) is 0.590. The van der Waals surface area contributed by atoms with Crippen LogP contribution in [0.1, 0.15) is 0 Å². The van der Waals surface area contributed by atoms with Crippen LogP contribution < -0.4 is 5.56 Å². The topological polar surface area (TPSA) is 47.3 Å². The molecule has 0 amide bonds. The summed E-state index contributed by atoms with van der Waals surface area (Å²) >= 11 is 1.51. The van der Waals surface area contributed by atoms with E-state index in [1.165, 1.54) is 11.3 Å². The summed E-state index contributed by atoms with van der Waals surface area (Å²) in [7, 11) is 0. The number of aromatic nitrogens is 3. The van der Waals surface area contributed by atoms with E-state index in [4.69, 9.17) is 0 Å². The average Bonchev–Trinajstić information content (AvgIpc) is 2.97. The van der Waals surface area contributed by atoms with Gasteiger partial charge in [-0.3, -0.25) is 9.20 Å². The second-order valence-corrected chi connectivity index (χ2v) is 6.13. The Hall–Kier alpha value is -2.79. The number of hydrogen-bond acceptors (Lipinski definition) is 4. The minimum Gasteiger partial charge on any atom is -0.268 e. The molecule has 5 heteroatoms. The molecule has 104 valence electrons. The van der Waals surface area contributed by atoms with Crippen molar-refractivity contribution >= 4 is 37.5 Å². The quantitative estimate of drug-likeness (QED) is 0.439. The van der Waals surface area contributed by atoms with Gasteiger partial charge in [-0.25, -0.2) is 4.98 Å². The molecule has 0 bridgehead atoms. The van der Waals surface area contributed by atoms with Gasteiger partial charge in [-0.1, -0.05) is 47.7 Å². The first-order chi connectivity index (χ1) is 10.8. The van der Waals surface area contributed by atoms with Gasteiger partial charge in [0, 0.05) is 5.56 Å². The second-order valence-electron chi connectivity index (χ2n) is 5.12. The zero-order chi connectivity index (χ0) is 14.7. The molecule has 0 saturated heterocycles. The first-order valence-electron chi connectivity index (χ1n) is 6.92. The van der Waals surface area contributed by atoms with Crippen LogP contribution in [0.3, 0.4) is 0 Å². The van der Waals surface area contributed by atoms with E-state index in [0.717, 1.165) is 21.5 Å². The molecular formula is C17H9N3OS. The number of benzene rings is 1. The number of thiazole rings is 1. The predicted octanol–water partition coefficient (Wildman–Crippen LogP) is 3.56. The van der Waals surface area contributed by atoms with E-state index < -0.39 is 0 Å². The van der Waals surface area contributed by atoms with Gasteiger partial charge in [0.05, 0.1) is 21.3 Å². The lowest BCUT2D eigenvalue weighted by molar-refractivity contribution is 1.15. The monoisotopic (exact) mass is 303 g/mol. The third kappa shape index (κ3) is 1.43. The lowest BCUT2D eigenvalue weighted by atomic mass is 10.2. The third-order valence-electron chi connectivity index (χ3n) is 3.85. The van der Waals surface area contributed by atoms with Crippen LogP contribution in [0.4, 0.5) is 0 Å². The van der Waals surface area contributed by atoms with Crippen molar-refractivity contribution in [2.45, 2.75) is 0 Å². The highest BCUT2D eigenvalue weighted by Gasteiger charge is 2.18. The summed E-state index contributed by atoms with van der Waals surface area (Å²) in [6.45, 7) is 0. The van der Waals surface area contributed by atoms with Crippen LogP contribution >= 0.6 is 11.3 Å². The summed E-state index contributed by atoms with van der Waals surface area (Å²) < 4.78 is 2.74. The van der Waals surface area contributed by atoms with Gasteiger partial charge in [0.15, 0.2) is 10.6 Å². The van der Waals surface area contributed by atoms with Gasteiger partial charge in [0.2, 0.25) is 0 Å². The number of para-hydroxylation sites is 1. The lowest BCUT2D eigenvalue weighted by Gasteiger charge is -1.95. The van der Waals surface area contributed by atoms with E-state index in [1.807, 2.05) is 54.6 Å². The van der Waals surface area contributed by atoms with Crippen LogP contribution in [-0.4, -0.2) is 14.4 Å². The molecule has 4 nitrogen and oxygen atoms in total. The van der Waals surface area contributed by atoms with Gasteiger partial charge < -0.3 is 0 Å². The molecule has 0 atom stereocenters. The van der Waals surface area contributed by atoms with Gasteiger partial charge >= 0.3 is 0 Å². The Labute approximate surface area is 128 Å². The lowest BCUT2D eigenvalue weighted by Crippen LogP contribution is -2.13. The van der Waals surface area contributed by atoms with Gasteiger partial charge in [-0.05, 0) is 18.2 Å². The normalized spacial score (nSPS) is 11.8. The highest BCUT2D eigenvalue weighted by atomic mass is 32.1. The number of fused-ring (bicyclic) bond motifs is 6. The van der Waals surface area contributed by atoms with E-state index in [2.05, 4.69) is 9.97 Å². The highest BCUT2D eigenvalue weighted by Crippen LogP contribution is 2.30.